The van der Waals surface area contributed by atoms with E-state index in [9.17, 15) is 9.59 Å². The van der Waals surface area contributed by atoms with Crippen molar-refractivity contribution in [3.63, 3.8) is 0 Å². The molecule has 0 N–H and O–H groups in total. The summed E-state index contributed by atoms with van der Waals surface area (Å²) in [6, 6.07) is 17.0. The van der Waals surface area contributed by atoms with E-state index in [1.54, 1.807) is 12.0 Å². The van der Waals surface area contributed by atoms with Gasteiger partial charge in [0.15, 0.2) is 17.3 Å². The molecule has 3 aliphatic rings. The molecule has 3 aromatic rings. The topological polar surface area (TPSA) is 97.3 Å². The van der Waals surface area contributed by atoms with Gasteiger partial charge in [0.2, 0.25) is 18.6 Å². The van der Waals surface area contributed by atoms with Gasteiger partial charge < -0.3 is 28.9 Å². The van der Waals surface area contributed by atoms with E-state index in [0.717, 1.165) is 28.5 Å². The normalized spacial score (nSPS) is 18.9. The SMILES string of the molecule is COc1cccc(N2CC(C(=O)N3CCN(c4ccc(-c5ccc6c(c5)OCO6)nn4)CC3)CC2=O)c1. The summed E-state index contributed by atoms with van der Waals surface area (Å²) < 4.78 is 16.1. The zero-order chi connectivity index (χ0) is 25.4. The lowest BCUT2D eigenvalue weighted by Gasteiger charge is -2.36. The molecule has 2 saturated heterocycles. The maximum Gasteiger partial charge on any atom is 0.231 e. The summed E-state index contributed by atoms with van der Waals surface area (Å²) >= 11 is 0. The van der Waals surface area contributed by atoms with Crippen LogP contribution in [0.2, 0.25) is 0 Å². The molecule has 2 fully saturated rings. The van der Waals surface area contributed by atoms with Gasteiger partial charge in [-0.1, -0.05) is 6.07 Å². The van der Waals surface area contributed by atoms with E-state index in [-0.39, 0.29) is 30.9 Å². The molecule has 0 saturated carbocycles. The van der Waals surface area contributed by atoms with Crippen LogP contribution in [0.5, 0.6) is 17.2 Å². The summed E-state index contributed by atoms with van der Waals surface area (Å²) in [5, 5.41) is 8.83. The molecule has 4 heterocycles. The minimum absolute atomic E-state index is 0.0302. The van der Waals surface area contributed by atoms with Crippen LogP contribution in [-0.4, -0.2) is 73.5 Å². The minimum atomic E-state index is -0.342. The quantitative estimate of drug-likeness (QED) is 0.526. The molecule has 10 nitrogen and oxygen atoms in total. The zero-order valence-electron chi connectivity index (χ0n) is 20.5. The van der Waals surface area contributed by atoms with Crippen molar-refractivity contribution in [2.45, 2.75) is 6.42 Å². The monoisotopic (exact) mass is 501 g/mol. The van der Waals surface area contributed by atoms with Crippen LogP contribution in [0.25, 0.3) is 11.3 Å². The number of carbonyl (C=O) groups excluding carboxylic acids is 2. The number of carbonyl (C=O) groups is 2. The van der Waals surface area contributed by atoms with E-state index in [4.69, 9.17) is 14.2 Å². The molecule has 0 bridgehead atoms. The van der Waals surface area contributed by atoms with E-state index in [1.807, 2.05) is 59.5 Å². The Kier molecular flexibility index (Phi) is 5.99. The van der Waals surface area contributed by atoms with Crippen LogP contribution in [0.4, 0.5) is 11.5 Å². The predicted octanol–water partition coefficient (Wildman–Crippen LogP) is 2.58. The lowest BCUT2D eigenvalue weighted by Crippen LogP contribution is -2.51. The number of fused-ring (bicyclic) bond motifs is 1. The van der Waals surface area contributed by atoms with Crippen LogP contribution >= 0.6 is 0 Å². The number of rotatable bonds is 5. The van der Waals surface area contributed by atoms with Crippen LogP contribution < -0.4 is 24.0 Å². The largest absolute Gasteiger partial charge is 0.497 e. The summed E-state index contributed by atoms with van der Waals surface area (Å²) in [4.78, 5) is 31.6. The second-order valence-corrected chi connectivity index (χ2v) is 9.26. The van der Waals surface area contributed by atoms with Gasteiger partial charge in [0.05, 0.1) is 18.7 Å². The molecule has 3 aliphatic heterocycles. The maximum absolute atomic E-state index is 13.2. The second kappa shape index (κ2) is 9.61. The average Bonchev–Trinajstić information content (AvgIpc) is 3.59. The molecule has 2 aromatic carbocycles. The summed E-state index contributed by atoms with van der Waals surface area (Å²) in [7, 11) is 1.59. The van der Waals surface area contributed by atoms with Crippen molar-refractivity contribution in [1.29, 1.82) is 0 Å². The lowest BCUT2D eigenvalue weighted by atomic mass is 10.1. The van der Waals surface area contributed by atoms with Gasteiger partial charge in [0.25, 0.3) is 0 Å². The highest BCUT2D eigenvalue weighted by Crippen LogP contribution is 2.35. The Hall–Kier alpha value is -4.34. The third kappa shape index (κ3) is 4.50. The lowest BCUT2D eigenvalue weighted by molar-refractivity contribution is -0.136. The Morgan fingerprint density at radius 3 is 2.59 bits per heavy atom. The first kappa shape index (κ1) is 23.1. The Bertz CT molecular complexity index is 1320. The summed E-state index contributed by atoms with van der Waals surface area (Å²) in [5.74, 6) is 2.55. The predicted molar refractivity (Wildman–Crippen MR) is 136 cm³/mol. The Morgan fingerprint density at radius 1 is 0.973 bits per heavy atom. The highest BCUT2D eigenvalue weighted by atomic mass is 16.7. The fourth-order valence-corrected chi connectivity index (χ4v) is 5.02. The minimum Gasteiger partial charge on any atom is -0.497 e. The molecule has 0 spiro atoms. The molecule has 6 rings (SSSR count). The van der Waals surface area contributed by atoms with Crippen molar-refractivity contribution in [3.05, 3.63) is 54.6 Å². The molecule has 1 aromatic heterocycles. The summed E-state index contributed by atoms with van der Waals surface area (Å²) in [5.41, 5.74) is 2.42. The first-order valence-corrected chi connectivity index (χ1v) is 12.3. The first-order valence-electron chi connectivity index (χ1n) is 12.3. The van der Waals surface area contributed by atoms with Gasteiger partial charge in [-0.25, -0.2) is 0 Å². The third-order valence-corrected chi connectivity index (χ3v) is 7.07. The number of ether oxygens (including phenoxy) is 3. The summed E-state index contributed by atoms with van der Waals surface area (Å²) in [6.07, 6.45) is 0.225. The van der Waals surface area contributed by atoms with Crippen LogP contribution in [0.1, 0.15) is 6.42 Å². The number of amides is 2. The molecule has 0 radical (unpaired) electrons. The number of methoxy groups -OCH3 is 1. The molecule has 37 heavy (non-hydrogen) atoms. The van der Waals surface area contributed by atoms with Gasteiger partial charge in [0, 0.05) is 56.5 Å². The number of benzene rings is 2. The highest BCUT2D eigenvalue weighted by molar-refractivity contribution is 6.00. The smallest absolute Gasteiger partial charge is 0.231 e. The van der Waals surface area contributed by atoms with Gasteiger partial charge in [-0.2, -0.15) is 0 Å². The van der Waals surface area contributed by atoms with Crippen LogP contribution in [0, 0.1) is 5.92 Å². The van der Waals surface area contributed by atoms with Crippen LogP contribution in [-0.2, 0) is 9.59 Å². The van der Waals surface area contributed by atoms with Gasteiger partial charge in [-0.3, -0.25) is 9.59 Å². The third-order valence-electron chi connectivity index (χ3n) is 7.07. The molecule has 1 unspecified atom stereocenters. The van der Waals surface area contributed by atoms with Crippen molar-refractivity contribution < 1.29 is 23.8 Å². The van der Waals surface area contributed by atoms with Crippen molar-refractivity contribution in [1.82, 2.24) is 15.1 Å². The second-order valence-electron chi connectivity index (χ2n) is 9.26. The zero-order valence-corrected chi connectivity index (χ0v) is 20.5. The average molecular weight is 502 g/mol. The van der Waals surface area contributed by atoms with E-state index in [2.05, 4.69) is 15.1 Å². The molecular formula is C27H27N5O5. The van der Waals surface area contributed by atoms with Crippen molar-refractivity contribution in [3.8, 4) is 28.5 Å². The van der Waals surface area contributed by atoms with E-state index in [0.29, 0.717) is 44.2 Å². The summed E-state index contributed by atoms with van der Waals surface area (Å²) in [6.45, 7) is 3.09. The molecular weight excluding hydrogens is 474 g/mol. The molecule has 2 amide bonds. The number of hydrogen-bond donors (Lipinski definition) is 0. The Morgan fingerprint density at radius 2 is 1.81 bits per heavy atom. The number of anilines is 2. The maximum atomic E-state index is 13.2. The van der Waals surface area contributed by atoms with Crippen LogP contribution in [0.15, 0.2) is 54.6 Å². The number of aromatic nitrogens is 2. The Balaban J connectivity index is 1.06. The highest BCUT2D eigenvalue weighted by Gasteiger charge is 2.38. The number of nitrogens with zero attached hydrogens (tertiary/aromatic N) is 5. The van der Waals surface area contributed by atoms with Crippen LogP contribution in [0.3, 0.4) is 0 Å². The fraction of sp³-hybridized carbons (Fsp3) is 0.333. The molecule has 1 atom stereocenters. The number of hydrogen-bond acceptors (Lipinski definition) is 8. The number of piperazine rings is 1. The first-order chi connectivity index (χ1) is 18.1. The molecule has 0 aliphatic carbocycles. The Labute approximate surface area is 214 Å². The van der Waals surface area contributed by atoms with Gasteiger partial charge >= 0.3 is 0 Å². The molecule has 10 heteroatoms. The van der Waals surface area contributed by atoms with Gasteiger partial charge in [-0.05, 0) is 42.5 Å². The van der Waals surface area contributed by atoms with Gasteiger partial charge in [0.1, 0.15) is 5.75 Å². The van der Waals surface area contributed by atoms with Gasteiger partial charge in [-0.15, -0.1) is 10.2 Å². The van der Waals surface area contributed by atoms with Crippen molar-refractivity contribution >= 4 is 23.3 Å². The standard InChI is InChI=1S/C27H27N5O5/c1-35-21-4-2-3-20(15-21)32-16-19(14-26(32)33)27(34)31-11-9-30(10-12-31)25-8-6-22(28-29-25)18-5-7-23-24(13-18)37-17-36-23/h2-8,13,15,19H,9-12,14,16-17H2,1H3. The molecule has 190 valence electrons. The van der Waals surface area contributed by atoms with E-state index < -0.39 is 0 Å². The van der Waals surface area contributed by atoms with E-state index in [1.165, 1.54) is 0 Å². The van der Waals surface area contributed by atoms with E-state index >= 15 is 0 Å². The van der Waals surface area contributed by atoms with Crippen molar-refractivity contribution in [2.24, 2.45) is 5.92 Å². The van der Waals surface area contributed by atoms with Crippen molar-refractivity contribution in [2.75, 3.05) is 56.4 Å². The fourth-order valence-electron chi connectivity index (χ4n) is 5.02.